The maximum absolute atomic E-state index is 11.9. The first-order chi connectivity index (χ1) is 10.0. The predicted molar refractivity (Wildman–Crippen MR) is 79.9 cm³/mol. The number of nitrogens with zero attached hydrogens (tertiary/aromatic N) is 1. The minimum Gasteiger partial charge on any atom is -0.494 e. The highest BCUT2D eigenvalue weighted by molar-refractivity contribution is 6.30. The molecule has 0 spiro atoms. The molecule has 0 aliphatic heterocycles. The fourth-order valence-corrected chi connectivity index (χ4v) is 2.07. The van der Waals surface area contributed by atoms with E-state index < -0.39 is 11.2 Å². The van der Waals surface area contributed by atoms with Gasteiger partial charge >= 0.3 is 5.69 Å². The van der Waals surface area contributed by atoms with Crippen molar-refractivity contribution in [2.45, 2.75) is 13.5 Å². The largest absolute Gasteiger partial charge is 0.494 e. The molecule has 0 aliphatic carbocycles. The minimum atomic E-state index is -0.671. The molecule has 0 saturated heterocycles. The van der Waals surface area contributed by atoms with Gasteiger partial charge in [-0.1, -0.05) is 23.7 Å². The van der Waals surface area contributed by atoms with Gasteiger partial charge in [-0.3, -0.25) is 14.3 Å². The number of hydrogen-bond acceptors (Lipinski definition) is 4. The van der Waals surface area contributed by atoms with Crippen LogP contribution in [0, 0.1) is 0 Å². The van der Waals surface area contributed by atoms with Crippen molar-refractivity contribution < 1.29 is 9.84 Å². The summed E-state index contributed by atoms with van der Waals surface area (Å²) in [5, 5.41) is 10.7. The van der Waals surface area contributed by atoms with E-state index in [0.717, 1.165) is 4.57 Å². The summed E-state index contributed by atoms with van der Waals surface area (Å²) in [7, 11) is 0. The fourth-order valence-electron chi connectivity index (χ4n) is 1.94. The Morgan fingerprint density at radius 1 is 1.29 bits per heavy atom. The molecule has 1 aromatic heterocycles. The molecule has 0 aliphatic rings. The number of ether oxygens (including phenoxy) is 1. The number of aromatic nitrogens is 2. The van der Waals surface area contributed by atoms with E-state index in [4.69, 9.17) is 16.3 Å². The SMILES string of the molecule is CCOCCn1c(O)c(-c2ccc(Cl)cc2)c(=O)[nH]c1=O. The van der Waals surface area contributed by atoms with Crippen molar-refractivity contribution in [3.63, 3.8) is 0 Å². The second-order valence-corrected chi connectivity index (χ2v) is 4.75. The van der Waals surface area contributed by atoms with E-state index in [9.17, 15) is 14.7 Å². The summed E-state index contributed by atoms with van der Waals surface area (Å²) in [6.07, 6.45) is 0. The summed E-state index contributed by atoms with van der Waals surface area (Å²) in [5.41, 5.74) is -0.812. The molecule has 1 aromatic carbocycles. The second kappa shape index (κ2) is 6.60. The molecule has 2 N–H and O–H groups in total. The summed E-state index contributed by atoms with van der Waals surface area (Å²) in [5.74, 6) is -0.384. The molecule has 1 heterocycles. The Bertz CT molecular complexity index is 734. The van der Waals surface area contributed by atoms with Gasteiger partial charge in [-0.25, -0.2) is 4.79 Å². The molecule has 2 aromatic rings. The van der Waals surface area contributed by atoms with Crippen LogP contribution in [0.3, 0.4) is 0 Å². The molecule has 0 unspecified atom stereocenters. The first kappa shape index (κ1) is 15.3. The van der Waals surface area contributed by atoms with Gasteiger partial charge in [-0.05, 0) is 24.6 Å². The van der Waals surface area contributed by atoms with Gasteiger partial charge in [0.1, 0.15) is 5.56 Å². The third-order valence-electron chi connectivity index (χ3n) is 2.97. The normalized spacial score (nSPS) is 10.8. The van der Waals surface area contributed by atoms with Gasteiger partial charge in [0.15, 0.2) is 0 Å². The maximum Gasteiger partial charge on any atom is 0.331 e. The number of halogens is 1. The summed E-state index contributed by atoms with van der Waals surface area (Å²) < 4.78 is 6.23. The molecule has 0 bridgehead atoms. The molecule has 7 heteroatoms. The lowest BCUT2D eigenvalue weighted by atomic mass is 10.1. The summed E-state index contributed by atoms with van der Waals surface area (Å²) in [6, 6.07) is 6.41. The van der Waals surface area contributed by atoms with E-state index in [0.29, 0.717) is 17.2 Å². The topological polar surface area (TPSA) is 84.3 Å². The first-order valence-corrected chi connectivity index (χ1v) is 6.82. The van der Waals surface area contributed by atoms with E-state index in [-0.39, 0.29) is 24.6 Å². The number of aromatic amines is 1. The van der Waals surface area contributed by atoms with Crippen LogP contribution >= 0.6 is 11.6 Å². The Balaban J connectivity index is 2.51. The van der Waals surface area contributed by atoms with Crippen LogP contribution in [0.25, 0.3) is 11.1 Å². The van der Waals surface area contributed by atoms with Crippen LogP contribution in [0.1, 0.15) is 6.92 Å². The quantitative estimate of drug-likeness (QED) is 0.822. The zero-order valence-corrected chi connectivity index (χ0v) is 12.2. The Labute approximate surface area is 125 Å². The predicted octanol–water partition coefficient (Wildman–Crippen LogP) is 1.60. The van der Waals surface area contributed by atoms with Crippen molar-refractivity contribution in [2.24, 2.45) is 0 Å². The third kappa shape index (κ3) is 3.34. The first-order valence-electron chi connectivity index (χ1n) is 6.44. The molecule has 0 fully saturated rings. The van der Waals surface area contributed by atoms with Crippen molar-refractivity contribution >= 4 is 11.6 Å². The molecule has 0 saturated carbocycles. The fraction of sp³-hybridized carbons (Fsp3) is 0.286. The lowest BCUT2D eigenvalue weighted by molar-refractivity contribution is 0.135. The zero-order valence-electron chi connectivity index (χ0n) is 11.4. The van der Waals surface area contributed by atoms with Gasteiger partial charge in [0.25, 0.3) is 5.56 Å². The maximum atomic E-state index is 11.9. The summed E-state index contributed by atoms with van der Waals surface area (Å²) in [6.45, 7) is 2.74. The van der Waals surface area contributed by atoms with E-state index in [1.54, 1.807) is 24.3 Å². The molecule has 112 valence electrons. The third-order valence-corrected chi connectivity index (χ3v) is 3.22. The smallest absolute Gasteiger partial charge is 0.331 e. The summed E-state index contributed by atoms with van der Waals surface area (Å²) >= 11 is 5.80. The van der Waals surface area contributed by atoms with E-state index in [1.165, 1.54) is 0 Å². The molecule has 21 heavy (non-hydrogen) atoms. The second-order valence-electron chi connectivity index (χ2n) is 4.31. The summed E-state index contributed by atoms with van der Waals surface area (Å²) in [4.78, 5) is 25.9. The highest BCUT2D eigenvalue weighted by atomic mass is 35.5. The standard InChI is InChI=1S/C14H15ClN2O4/c1-2-21-8-7-17-13(19)11(12(18)16-14(17)20)9-3-5-10(15)6-4-9/h3-6,19H,2,7-8H2,1H3,(H,16,18,20). The highest BCUT2D eigenvalue weighted by Gasteiger charge is 2.15. The van der Waals surface area contributed by atoms with Crippen LogP contribution in [-0.2, 0) is 11.3 Å². The molecular weight excluding hydrogens is 296 g/mol. The van der Waals surface area contributed by atoms with Crippen molar-refractivity contribution in [2.75, 3.05) is 13.2 Å². The number of aromatic hydroxyl groups is 1. The number of benzene rings is 1. The van der Waals surface area contributed by atoms with Crippen molar-refractivity contribution in [1.29, 1.82) is 0 Å². The van der Waals surface area contributed by atoms with Crippen LogP contribution < -0.4 is 11.2 Å². The molecular formula is C14H15ClN2O4. The average Bonchev–Trinajstić information content (AvgIpc) is 2.44. The van der Waals surface area contributed by atoms with E-state index in [1.807, 2.05) is 6.92 Å². The zero-order chi connectivity index (χ0) is 15.4. The number of nitrogens with one attached hydrogen (secondary N) is 1. The average molecular weight is 311 g/mol. The molecule has 0 radical (unpaired) electrons. The van der Waals surface area contributed by atoms with Crippen LogP contribution in [0.15, 0.2) is 33.9 Å². The van der Waals surface area contributed by atoms with Crippen LogP contribution in [0.5, 0.6) is 5.88 Å². The van der Waals surface area contributed by atoms with Crippen molar-refractivity contribution in [1.82, 2.24) is 9.55 Å². The van der Waals surface area contributed by atoms with Gasteiger partial charge in [-0.15, -0.1) is 0 Å². The molecule has 2 rings (SSSR count). The van der Waals surface area contributed by atoms with Gasteiger partial charge in [-0.2, -0.15) is 0 Å². The Morgan fingerprint density at radius 3 is 2.57 bits per heavy atom. The lowest BCUT2D eigenvalue weighted by Crippen LogP contribution is -2.32. The van der Waals surface area contributed by atoms with E-state index >= 15 is 0 Å². The number of hydrogen-bond donors (Lipinski definition) is 2. The van der Waals surface area contributed by atoms with Crippen LogP contribution in [0.2, 0.25) is 5.02 Å². The van der Waals surface area contributed by atoms with Crippen LogP contribution in [-0.4, -0.2) is 27.9 Å². The Hall–Kier alpha value is -2.05. The van der Waals surface area contributed by atoms with Gasteiger partial charge in [0.05, 0.1) is 13.2 Å². The molecule has 0 atom stereocenters. The Kier molecular flexibility index (Phi) is 4.82. The Morgan fingerprint density at radius 2 is 1.95 bits per heavy atom. The molecule has 0 amide bonds. The highest BCUT2D eigenvalue weighted by Crippen LogP contribution is 2.25. The lowest BCUT2D eigenvalue weighted by Gasteiger charge is -2.11. The van der Waals surface area contributed by atoms with Crippen molar-refractivity contribution in [3.8, 4) is 17.0 Å². The van der Waals surface area contributed by atoms with Gasteiger partial charge in [0, 0.05) is 11.6 Å². The van der Waals surface area contributed by atoms with Gasteiger partial charge in [0.2, 0.25) is 5.88 Å². The number of H-pyrrole nitrogens is 1. The van der Waals surface area contributed by atoms with Crippen molar-refractivity contribution in [3.05, 3.63) is 50.1 Å². The number of rotatable bonds is 5. The monoisotopic (exact) mass is 310 g/mol. The van der Waals surface area contributed by atoms with E-state index in [2.05, 4.69) is 4.98 Å². The van der Waals surface area contributed by atoms with Gasteiger partial charge < -0.3 is 9.84 Å². The minimum absolute atomic E-state index is 0.0303. The molecule has 6 nitrogen and oxygen atoms in total. The van der Waals surface area contributed by atoms with Crippen LogP contribution in [0.4, 0.5) is 0 Å².